The van der Waals surface area contributed by atoms with Gasteiger partial charge in [-0.1, -0.05) is 42.8 Å². The third kappa shape index (κ3) is 4.35. The number of aryl methyl sites for hydroxylation is 1. The predicted octanol–water partition coefficient (Wildman–Crippen LogP) is 3.93. The van der Waals surface area contributed by atoms with Gasteiger partial charge in [0.2, 0.25) is 5.91 Å². The lowest BCUT2D eigenvalue weighted by Crippen LogP contribution is -2.40. The van der Waals surface area contributed by atoms with E-state index in [0.717, 1.165) is 30.4 Å². The summed E-state index contributed by atoms with van der Waals surface area (Å²) in [6, 6.07) is 14.5. The maximum atomic E-state index is 12.5. The molecule has 0 saturated heterocycles. The van der Waals surface area contributed by atoms with Crippen molar-refractivity contribution in [1.82, 2.24) is 10.2 Å². The zero-order valence-corrected chi connectivity index (χ0v) is 18.0. The fourth-order valence-corrected chi connectivity index (χ4v) is 4.21. The summed E-state index contributed by atoms with van der Waals surface area (Å²) in [5.74, 6) is 0.696. The molecule has 0 bridgehead atoms. The second-order valence-corrected chi connectivity index (χ2v) is 8.44. The summed E-state index contributed by atoms with van der Waals surface area (Å²) < 4.78 is 6.11. The Balaban J connectivity index is 1.66. The normalized spacial score (nSPS) is 19.0. The van der Waals surface area contributed by atoms with E-state index in [4.69, 9.17) is 4.74 Å². The van der Waals surface area contributed by atoms with Gasteiger partial charge in [-0.15, -0.1) is 0 Å². The summed E-state index contributed by atoms with van der Waals surface area (Å²) in [6.45, 7) is 6.35. The van der Waals surface area contributed by atoms with Crippen LogP contribution in [0.1, 0.15) is 61.4 Å². The monoisotopic (exact) mass is 406 g/mol. The molecule has 1 aliphatic carbocycles. The Labute approximate surface area is 178 Å². The van der Waals surface area contributed by atoms with Gasteiger partial charge in [-0.2, -0.15) is 0 Å². The summed E-state index contributed by atoms with van der Waals surface area (Å²) in [4.78, 5) is 26.8. The van der Waals surface area contributed by atoms with Gasteiger partial charge >= 0.3 is 0 Å². The summed E-state index contributed by atoms with van der Waals surface area (Å²) in [7, 11) is 0. The molecular formula is C25H30N2O3. The Morgan fingerprint density at radius 1 is 1.20 bits per heavy atom. The fourth-order valence-electron chi connectivity index (χ4n) is 4.21. The SMILES string of the molecule is CC[C@H](Oc1ccc2c(c1)[C@H](c1cccc(C)c1)N(C(C)=O)CC2)C(=O)NC1CC1. The molecule has 1 N–H and O–H groups in total. The van der Waals surface area contributed by atoms with Crippen LogP contribution < -0.4 is 10.1 Å². The highest BCUT2D eigenvalue weighted by Crippen LogP contribution is 2.37. The van der Waals surface area contributed by atoms with Crippen LogP contribution in [0.2, 0.25) is 0 Å². The highest BCUT2D eigenvalue weighted by molar-refractivity contribution is 5.81. The lowest BCUT2D eigenvalue weighted by Gasteiger charge is -2.37. The third-order valence-electron chi connectivity index (χ3n) is 5.97. The van der Waals surface area contributed by atoms with Gasteiger partial charge in [-0.25, -0.2) is 0 Å². The topological polar surface area (TPSA) is 58.6 Å². The van der Waals surface area contributed by atoms with Crippen molar-refractivity contribution in [2.75, 3.05) is 6.54 Å². The van der Waals surface area contributed by atoms with Crippen LogP contribution >= 0.6 is 0 Å². The number of nitrogens with zero attached hydrogens (tertiary/aromatic N) is 1. The summed E-state index contributed by atoms with van der Waals surface area (Å²) in [5.41, 5.74) is 4.57. The van der Waals surface area contributed by atoms with Gasteiger partial charge < -0.3 is 15.0 Å². The Morgan fingerprint density at radius 3 is 2.67 bits per heavy atom. The highest BCUT2D eigenvalue weighted by Gasteiger charge is 2.32. The van der Waals surface area contributed by atoms with E-state index in [0.29, 0.717) is 24.8 Å². The quantitative estimate of drug-likeness (QED) is 0.791. The van der Waals surface area contributed by atoms with Crippen molar-refractivity contribution in [3.8, 4) is 5.75 Å². The van der Waals surface area contributed by atoms with Crippen LogP contribution in [0.5, 0.6) is 5.75 Å². The number of nitrogens with one attached hydrogen (secondary N) is 1. The van der Waals surface area contributed by atoms with E-state index in [2.05, 4.69) is 36.5 Å². The fraction of sp³-hybridized carbons (Fsp3) is 0.440. The van der Waals surface area contributed by atoms with Crippen LogP contribution in [0.4, 0.5) is 0 Å². The number of ether oxygens (including phenoxy) is 1. The third-order valence-corrected chi connectivity index (χ3v) is 5.97. The Bertz CT molecular complexity index is 951. The first-order valence-electron chi connectivity index (χ1n) is 10.9. The molecule has 2 amide bonds. The second-order valence-electron chi connectivity index (χ2n) is 8.44. The number of hydrogen-bond acceptors (Lipinski definition) is 3. The molecule has 2 aromatic rings. The van der Waals surface area contributed by atoms with E-state index in [9.17, 15) is 9.59 Å². The lowest BCUT2D eigenvalue weighted by molar-refractivity contribution is -0.131. The number of rotatable bonds is 6. The van der Waals surface area contributed by atoms with E-state index in [1.165, 1.54) is 11.1 Å². The van der Waals surface area contributed by atoms with E-state index < -0.39 is 6.10 Å². The number of benzene rings is 2. The van der Waals surface area contributed by atoms with Crippen molar-refractivity contribution in [2.45, 2.75) is 64.6 Å². The first-order valence-corrected chi connectivity index (χ1v) is 10.9. The molecule has 1 saturated carbocycles. The number of fused-ring (bicyclic) bond motifs is 1. The first kappa shape index (κ1) is 20.5. The maximum Gasteiger partial charge on any atom is 0.261 e. The number of hydrogen-bond donors (Lipinski definition) is 1. The molecule has 0 spiro atoms. The predicted molar refractivity (Wildman–Crippen MR) is 116 cm³/mol. The Kier molecular flexibility index (Phi) is 5.80. The van der Waals surface area contributed by atoms with Gasteiger partial charge in [0.1, 0.15) is 5.75 Å². The van der Waals surface area contributed by atoms with Gasteiger partial charge in [0.15, 0.2) is 6.10 Å². The number of carbonyl (C=O) groups excluding carboxylic acids is 2. The second kappa shape index (κ2) is 8.50. The van der Waals surface area contributed by atoms with Crippen molar-refractivity contribution < 1.29 is 14.3 Å². The minimum absolute atomic E-state index is 0.0432. The maximum absolute atomic E-state index is 12.5. The zero-order chi connectivity index (χ0) is 21.3. The van der Waals surface area contributed by atoms with Gasteiger partial charge in [0.05, 0.1) is 6.04 Å². The van der Waals surface area contributed by atoms with Gasteiger partial charge in [-0.05, 0) is 61.4 Å². The standard InChI is InChI=1S/C25H30N2O3/c1-4-23(25(29)26-20-9-10-20)30-21-11-8-18-12-13-27(17(3)28)24(22(18)15-21)19-7-5-6-16(2)14-19/h5-8,11,14-15,20,23-24H,4,9-10,12-13H2,1-3H3,(H,26,29)/t23-,24-/m0/s1. The van der Waals surface area contributed by atoms with Crippen LogP contribution in [0.3, 0.4) is 0 Å². The minimum atomic E-state index is -0.506. The molecule has 2 aliphatic rings. The minimum Gasteiger partial charge on any atom is -0.481 e. The average Bonchev–Trinajstić information content (AvgIpc) is 3.54. The Hall–Kier alpha value is -2.82. The highest BCUT2D eigenvalue weighted by atomic mass is 16.5. The molecule has 0 aromatic heterocycles. The van der Waals surface area contributed by atoms with Gasteiger partial charge in [0.25, 0.3) is 5.91 Å². The molecule has 1 fully saturated rings. The van der Waals surface area contributed by atoms with E-state index >= 15 is 0 Å². The number of carbonyl (C=O) groups is 2. The largest absolute Gasteiger partial charge is 0.481 e. The molecular weight excluding hydrogens is 376 g/mol. The summed E-state index contributed by atoms with van der Waals surface area (Å²) >= 11 is 0. The van der Waals surface area contributed by atoms with E-state index in [1.54, 1.807) is 6.92 Å². The van der Waals surface area contributed by atoms with Crippen molar-refractivity contribution in [3.05, 3.63) is 64.7 Å². The van der Waals surface area contributed by atoms with Crippen LogP contribution in [-0.4, -0.2) is 35.4 Å². The molecule has 2 atom stereocenters. The summed E-state index contributed by atoms with van der Waals surface area (Å²) in [5, 5.41) is 3.03. The number of amides is 2. The van der Waals surface area contributed by atoms with Crippen molar-refractivity contribution in [1.29, 1.82) is 0 Å². The van der Waals surface area contributed by atoms with E-state index in [1.807, 2.05) is 30.0 Å². The Morgan fingerprint density at radius 2 is 2.00 bits per heavy atom. The molecule has 158 valence electrons. The molecule has 1 heterocycles. The molecule has 5 heteroatoms. The smallest absolute Gasteiger partial charge is 0.261 e. The van der Waals surface area contributed by atoms with Crippen LogP contribution in [0.25, 0.3) is 0 Å². The first-order chi connectivity index (χ1) is 14.5. The molecule has 5 nitrogen and oxygen atoms in total. The lowest BCUT2D eigenvalue weighted by atomic mass is 9.87. The van der Waals surface area contributed by atoms with Crippen molar-refractivity contribution in [2.24, 2.45) is 0 Å². The van der Waals surface area contributed by atoms with Crippen molar-refractivity contribution in [3.63, 3.8) is 0 Å². The van der Waals surface area contributed by atoms with Gasteiger partial charge in [0, 0.05) is 19.5 Å². The molecule has 2 aromatic carbocycles. The van der Waals surface area contributed by atoms with Crippen molar-refractivity contribution >= 4 is 11.8 Å². The average molecular weight is 407 g/mol. The van der Waals surface area contributed by atoms with Gasteiger partial charge in [-0.3, -0.25) is 9.59 Å². The molecule has 4 rings (SSSR count). The zero-order valence-electron chi connectivity index (χ0n) is 18.0. The van der Waals surface area contributed by atoms with Crippen LogP contribution in [-0.2, 0) is 16.0 Å². The molecule has 0 unspecified atom stereocenters. The molecule has 0 radical (unpaired) electrons. The van der Waals surface area contributed by atoms with Crippen LogP contribution in [0.15, 0.2) is 42.5 Å². The van der Waals surface area contributed by atoms with Crippen LogP contribution in [0, 0.1) is 6.92 Å². The van der Waals surface area contributed by atoms with E-state index in [-0.39, 0.29) is 17.9 Å². The molecule has 30 heavy (non-hydrogen) atoms. The molecule has 1 aliphatic heterocycles. The summed E-state index contributed by atoms with van der Waals surface area (Å²) in [6.07, 6.45) is 3.03.